The van der Waals surface area contributed by atoms with Crippen molar-refractivity contribution in [2.45, 2.75) is 26.2 Å². The zero-order valence-corrected chi connectivity index (χ0v) is 17.1. The van der Waals surface area contributed by atoms with E-state index in [0.717, 1.165) is 44.9 Å². The van der Waals surface area contributed by atoms with E-state index < -0.39 is 0 Å². The average molecular weight is 453 g/mol. The number of phenolic OH excluding ortho intramolecular Hbond substituents is 1. The largest absolute Gasteiger partial charge is 0.508 e. The molecular formula is C20H28IN3O. The maximum Gasteiger partial charge on any atom is 0.191 e. The molecule has 0 aliphatic carbocycles. The number of hydrogen-bond acceptors (Lipinski definition) is 2. The van der Waals surface area contributed by atoms with E-state index >= 15 is 0 Å². The molecule has 0 unspecified atom stereocenters. The molecule has 2 aromatic carbocycles. The number of hydrogen-bond donors (Lipinski definition) is 3. The van der Waals surface area contributed by atoms with Gasteiger partial charge in [-0.2, -0.15) is 0 Å². The lowest BCUT2D eigenvalue weighted by atomic mass is 10.1. The molecule has 5 heteroatoms. The van der Waals surface area contributed by atoms with E-state index in [0.29, 0.717) is 5.75 Å². The zero-order chi connectivity index (χ0) is 17.0. The number of benzene rings is 2. The van der Waals surface area contributed by atoms with Crippen LogP contribution in [0.15, 0.2) is 59.6 Å². The fourth-order valence-electron chi connectivity index (χ4n) is 2.45. The highest BCUT2D eigenvalue weighted by Crippen LogP contribution is 2.11. The number of aryl methyl sites for hydroxylation is 1. The van der Waals surface area contributed by atoms with E-state index in [1.807, 2.05) is 18.2 Å². The Morgan fingerprint density at radius 2 is 1.60 bits per heavy atom. The molecule has 0 radical (unpaired) electrons. The molecule has 0 amide bonds. The number of aliphatic imine (C=N–C) groups is 1. The van der Waals surface area contributed by atoms with E-state index in [-0.39, 0.29) is 24.0 Å². The first-order chi connectivity index (χ1) is 11.8. The second-order valence-corrected chi connectivity index (χ2v) is 5.69. The molecule has 0 atom stereocenters. The van der Waals surface area contributed by atoms with Crippen molar-refractivity contribution in [2.75, 3.05) is 19.6 Å². The minimum absolute atomic E-state index is 0. The molecule has 4 nitrogen and oxygen atoms in total. The standard InChI is InChI=1S/C20H27N3O.HI/c1-2-21-20(23-16-14-17-7-4-3-5-8-17)22-15-6-9-18-10-12-19(24)13-11-18;/h3-5,7-8,10-13,24H,2,6,9,14-16H2,1H3,(H2,21,22,23);1H. The summed E-state index contributed by atoms with van der Waals surface area (Å²) in [6.07, 6.45) is 2.94. The summed E-state index contributed by atoms with van der Waals surface area (Å²) in [6.45, 7) is 4.58. The molecule has 0 bridgehead atoms. The van der Waals surface area contributed by atoms with Gasteiger partial charge in [-0.1, -0.05) is 42.5 Å². The van der Waals surface area contributed by atoms with Gasteiger partial charge < -0.3 is 15.7 Å². The molecule has 2 rings (SSSR count). The SMILES string of the molecule is CCNC(=NCCCc1ccc(O)cc1)NCCc1ccccc1.I. The van der Waals surface area contributed by atoms with Crippen molar-refractivity contribution in [3.63, 3.8) is 0 Å². The van der Waals surface area contributed by atoms with Gasteiger partial charge in [0.05, 0.1) is 0 Å². The number of aromatic hydroxyl groups is 1. The first kappa shape index (κ1) is 21.3. The van der Waals surface area contributed by atoms with E-state index in [1.54, 1.807) is 12.1 Å². The molecule has 0 heterocycles. The summed E-state index contributed by atoms with van der Waals surface area (Å²) in [6, 6.07) is 17.8. The fourth-order valence-corrected chi connectivity index (χ4v) is 2.45. The number of nitrogens with one attached hydrogen (secondary N) is 2. The van der Waals surface area contributed by atoms with Gasteiger partial charge in [-0.05, 0) is 49.4 Å². The highest BCUT2D eigenvalue weighted by atomic mass is 127. The van der Waals surface area contributed by atoms with E-state index in [4.69, 9.17) is 0 Å². The van der Waals surface area contributed by atoms with Gasteiger partial charge in [0.1, 0.15) is 5.75 Å². The monoisotopic (exact) mass is 453 g/mol. The summed E-state index contributed by atoms with van der Waals surface area (Å²) >= 11 is 0. The molecule has 0 spiro atoms. The van der Waals surface area contributed by atoms with Crippen molar-refractivity contribution in [2.24, 2.45) is 4.99 Å². The highest BCUT2D eigenvalue weighted by Gasteiger charge is 1.98. The van der Waals surface area contributed by atoms with Crippen LogP contribution in [-0.2, 0) is 12.8 Å². The van der Waals surface area contributed by atoms with E-state index in [1.165, 1.54) is 11.1 Å². The Labute approximate surface area is 167 Å². The molecule has 2 aromatic rings. The first-order valence-corrected chi connectivity index (χ1v) is 8.62. The molecule has 0 saturated heterocycles. The molecule has 0 aliphatic rings. The minimum atomic E-state index is 0. The van der Waals surface area contributed by atoms with Crippen molar-refractivity contribution in [1.29, 1.82) is 0 Å². The predicted molar refractivity (Wildman–Crippen MR) is 116 cm³/mol. The summed E-state index contributed by atoms with van der Waals surface area (Å²) in [5, 5.41) is 15.9. The summed E-state index contributed by atoms with van der Waals surface area (Å²) in [4.78, 5) is 4.62. The van der Waals surface area contributed by atoms with Crippen molar-refractivity contribution in [3.05, 3.63) is 65.7 Å². The van der Waals surface area contributed by atoms with Crippen LogP contribution in [-0.4, -0.2) is 30.7 Å². The zero-order valence-electron chi connectivity index (χ0n) is 14.7. The van der Waals surface area contributed by atoms with Crippen molar-refractivity contribution in [1.82, 2.24) is 10.6 Å². The molecule has 0 aromatic heterocycles. The topological polar surface area (TPSA) is 56.7 Å². The molecule has 0 fully saturated rings. The molecular weight excluding hydrogens is 425 g/mol. The van der Waals surface area contributed by atoms with Gasteiger partial charge in [-0.25, -0.2) is 0 Å². The van der Waals surface area contributed by atoms with Crippen LogP contribution in [0.25, 0.3) is 0 Å². The predicted octanol–water partition coefficient (Wildman–Crippen LogP) is 3.74. The van der Waals surface area contributed by atoms with Gasteiger partial charge >= 0.3 is 0 Å². The van der Waals surface area contributed by atoms with Crippen LogP contribution < -0.4 is 10.6 Å². The summed E-state index contributed by atoms with van der Waals surface area (Å²) in [5.41, 5.74) is 2.55. The smallest absolute Gasteiger partial charge is 0.191 e. The van der Waals surface area contributed by atoms with Crippen molar-refractivity contribution >= 4 is 29.9 Å². The number of halogens is 1. The number of phenols is 1. The lowest BCUT2D eigenvalue weighted by molar-refractivity contribution is 0.475. The number of nitrogens with zero attached hydrogens (tertiary/aromatic N) is 1. The van der Waals surface area contributed by atoms with Crippen LogP contribution in [0.5, 0.6) is 5.75 Å². The Morgan fingerprint density at radius 3 is 2.28 bits per heavy atom. The third-order valence-electron chi connectivity index (χ3n) is 3.72. The first-order valence-electron chi connectivity index (χ1n) is 8.62. The molecule has 25 heavy (non-hydrogen) atoms. The van der Waals surface area contributed by atoms with Crippen LogP contribution in [0.3, 0.4) is 0 Å². The summed E-state index contributed by atoms with van der Waals surface area (Å²) < 4.78 is 0. The average Bonchev–Trinajstić information content (AvgIpc) is 2.61. The minimum Gasteiger partial charge on any atom is -0.508 e. The van der Waals surface area contributed by atoms with Gasteiger partial charge in [0, 0.05) is 19.6 Å². The van der Waals surface area contributed by atoms with Gasteiger partial charge in [-0.3, -0.25) is 4.99 Å². The second kappa shape index (κ2) is 12.6. The van der Waals surface area contributed by atoms with E-state index in [9.17, 15) is 5.11 Å². The van der Waals surface area contributed by atoms with E-state index in [2.05, 4.69) is 46.8 Å². The maximum absolute atomic E-state index is 9.29. The van der Waals surface area contributed by atoms with Crippen LogP contribution in [0.4, 0.5) is 0 Å². The van der Waals surface area contributed by atoms with Gasteiger partial charge in [0.25, 0.3) is 0 Å². The van der Waals surface area contributed by atoms with Crippen molar-refractivity contribution in [3.8, 4) is 5.75 Å². The third kappa shape index (κ3) is 8.77. The fraction of sp³-hybridized carbons (Fsp3) is 0.350. The summed E-state index contributed by atoms with van der Waals surface area (Å²) in [5.74, 6) is 1.19. The number of guanidine groups is 1. The van der Waals surface area contributed by atoms with Crippen molar-refractivity contribution < 1.29 is 5.11 Å². The number of rotatable bonds is 8. The quantitative estimate of drug-likeness (QED) is 0.247. The maximum atomic E-state index is 9.29. The molecule has 136 valence electrons. The summed E-state index contributed by atoms with van der Waals surface area (Å²) in [7, 11) is 0. The molecule has 3 N–H and O–H groups in total. The van der Waals surface area contributed by atoms with Gasteiger partial charge in [0.2, 0.25) is 0 Å². The third-order valence-corrected chi connectivity index (χ3v) is 3.72. The Kier molecular flexibility index (Phi) is 10.7. The van der Waals surface area contributed by atoms with Crippen LogP contribution >= 0.6 is 24.0 Å². The normalized spacial score (nSPS) is 10.8. The van der Waals surface area contributed by atoms with Crippen LogP contribution in [0.1, 0.15) is 24.5 Å². The Bertz CT molecular complexity index is 615. The Hall–Kier alpha value is -1.76. The molecule has 0 saturated carbocycles. The van der Waals surface area contributed by atoms with Crippen LogP contribution in [0, 0.1) is 0 Å². The van der Waals surface area contributed by atoms with Crippen LogP contribution in [0.2, 0.25) is 0 Å². The Balaban J connectivity index is 0.00000312. The van der Waals surface area contributed by atoms with Gasteiger partial charge in [-0.15, -0.1) is 24.0 Å². The lowest BCUT2D eigenvalue weighted by Gasteiger charge is -2.11. The Morgan fingerprint density at radius 1 is 0.920 bits per heavy atom. The second-order valence-electron chi connectivity index (χ2n) is 5.69. The van der Waals surface area contributed by atoms with Gasteiger partial charge in [0.15, 0.2) is 5.96 Å². The molecule has 0 aliphatic heterocycles. The lowest BCUT2D eigenvalue weighted by Crippen LogP contribution is -2.38. The highest BCUT2D eigenvalue weighted by molar-refractivity contribution is 14.0.